The summed E-state index contributed by atoms with van der Waals surface area (Å²) in [5.41, 5.74) is 3.89. The highest BCUT2D eigenvalue weighted by atomic mass is 32.2. The number of aromatic nitrogens is 2. The molecule has 0 radical (unpaired) electrons. The fourth-order valence-corrected chi connectivity index (χ4v) is 5.55. The van der Waals surface area contributed by atoms with Crippen molar-refractivity contribution in [3.05, 3.63) is 64.3 Å². The predicted octanol–water partition coefficient (Wildman–Crippen LogP) is 5.17. The van der Waals surface area contributed by atoms with Crippen molar-refractivity contribution in [1.29, 1.82) is 0 Å². The van der Waals surface area contributed by atoms with Gasteiger partial charge in [-0.1, -0.05) is 29.5 Å². The number of nitrogens with zero attached hydrogens (tertiary/aromatic N) is 3. The molecule has 1 aliphatic heterocycles. The summed E-state index contributed by atoms with van der Waals surface area (Å²) in [5, 5.41) is 6.25. The summed E-state index contributed by atoms with van der Waals surface area (Å²) in [4.78, 5) is 25.6. The first-order valence-electron chi connectivity index (χ1n) is 10.7. The molecule has 3 aromatic rings. The second kappa shape index (κ2) is 10.1. The van der Waals surface area contributed by atoms with Crippen molar-refractivity contribution in [2.45, 2.75) is 56.4 Å². The van der Waals surface area contributed by atoms with E-state index in [0.717, 1.165) is 30.2 Å². The molecule has 1 fully saturated rings. The number of rotatable bonds is 6. The average molecular weight is 469 g/mol. The summed E-state index contributed by atoms with van der Waals surface area (Å²) < 4.78 is 5.80. The molecule has 2 aromatic heterocycles. The molecule has 0 bridgehead atoms. The van der Waals surface area contributed by atoms with Gasteiger partial charge in [0.05, 0.1) is 23.5 Å². The van der Waals surface area contributed by atoms with E-state index < -0.39 is 0 Å². The zero-order valence-electron chi connectivity index (χ0n) is 18.8. The molecule has 1 amide bonds. The van der Waals surface area contributed by atoms with E-state index in [1.54, 1.807) is 18.3 Å². The molecule has 1 N–H and O–H groups in total. The van der Waals surface area contributed by atoms with Crippen molar-refractivity contribution in [1.82, 2.24) is 14.9 Å². The van der Waals surface area contributed by atoms with E-state index in [1.165, 1.54) is 34.2 Å². The second-order valence-corrected chi connectivity index (χ2v) is 10.2. The van der Waals surface area contributed by atoms with Crippen LogP contribution in [0.2, 0.25) is 0 Å². The Morgan fingerprint density at radius 3 is 2.78 bits per heavy atom. The van der Waals surface area contributed by atoms with Crippen LogP contribution in [-0.2, 0) is 11.3 Å². The number of anilines is 1. The lowest BCUT2D eigenvalue weighted by Gasteiger charge is -2.34. The van der Waals surface area contributed by atoms with Crippen molar-refractivity contribution in [2.75, 3.05) is 18.4 Å². The Hall–Kier alpha value is -2.26. The number of hydrogen-bond acceptors (Lipinski definition) is 7. The zero-order valence-corrected chi connectivity index (χ0v) is 20.4. The van der Waals surface area contributed by atoms with Crippen LogP contribution in [0.25, 0.3) is 0 Å². The number of aryl methyl sites for hydroxylation is 2. The van der Waals surface area contributed by atoms with Crippen LogP contribution in [0.1, 0.15) is 41.0 Å². The Kier molecular flexibility index (Phi) is 7.25. The normalized spacial score (nSPS) is 19.1. The minimum atomic E-state index is -0.195. The van der Waals surface area contributed by atoms with Crippen LogP contribution >= 0.6 is 23.1 Å². The number of benzene rings is 1. The summed E-state index contributed by atoms with van der Waals surface area (Å²) in [5.74, 6) is -0.195. The molecule has 1 saturated heterocycles. The number of carbonyl (C=O) groups excluding carboxylic acids is 1. The molecule has 4 rings (SSSR count). The lowest BCUT2D eigenvalue weighted by Crippen LogP contribution is -2.44. The largest absolute Gasteiger partial charge is 0.373 e. The van der Waals surface area contributed by atoms with Gasteiger partial charge in [-0.3, -0.25) is 15.0 Å². The van der Waals surface area contributed by atoms with Crippen LogP contribution in [0, 0.1) is 13.8 Å². The zero-order chi connectivity index (χ0) is 22.7. The highest BCUT2D eigenvalue weighted by Gasteiger charge is 2.23. The highest BCUT2D eigenvalue weighted by Crippen LogP contribution is 2.32. The van der Waals surface area contributed by atoms with Gasteiger partial charge < -0.3 is 4.74 Å². The molecule has 2 atom stereocenters. The quantitative estimate of drug-likeness (QED) is 0.538. The molecule has 0 saturated carbocycles. The molecular formula is C24H28N4O2S2. The van der Waals surface area contributed by atoms with Gasteiger partial charge in [0.25, 0.3) is 5.91 Å². The summed E-state index contributed by atoms with van der Waals surface area (Å²) in [7, 11) is 0. The van der Waals surface area contributed by atoms with Gasteiger partial charge in [0, 0.05) is 36.1 Å². The Labute approximate surface area is 197 Å². The number of hydrogen-bond donors (Lipinski definition) is 1. The number of pyridine rings is 1. The fourth-order valence-electron chi connectivity index (χ4n) is 3.91. The van der Waals surface area contributed by atoms with Gasteiger partial charge in [-0.2, -0.15) is 0 Å². The maximum absolute atomic E-state index is 13.0. The van der Waals surface area contributed by atoms with Crippen LogP contribution in [0.3, 0.4) is 0 Å². The predicted molar refractivity (Wildman–Crippen MR) is 130 cm³/mol. The number of ether oxygens (including phenoxy) is 1. The van der Waals surface area contributed by atoms with Gasteiger partial charge in [0.15, 0.2) is 5.13 Å². The first kappa shape index (κ1) is 22.9. The molecular weight excluding hydrogens is 440 g/mol. The van der Waals surface area contributed by atoms with Crippen LogP contribution in [0.5, 0.6) is 0 Å². The molecule has 2 unspecified atom stereocenters. The third-order valence-electron chi connectivity index (χ3n) is 5.21. The minimum Gasteiger partial charge on any atom is -0.373 e. The van der Waals surface area contributed by atoms with Crippen molar-refractivity contribution in [3.8, 4) is 0 Å². The highest BCUT2D eigenvalue weighted by molar-refractivity contribution is 7.99. The van der Waals surface area contributed by atoms with Crippen molar-refractivity contribution < 1.29 is 9.53 Å². The minimum absolute atomic E-state index is 0.195. The Balaban J connectivity index is 1.43. The van der Waals surface area contributed by atoms with E-state index in [0.29, 0.717) is 15.7 Å². The standard InChI is InChI=1S/C24H28N4O2S2/c1-15-7-8-21(16(2)10-15)32-23-20(6-5-9-25-23)22(29)27-24-26-19(14-31-24)13-28-11-17(3)30-18(4)12-28/h5-10,14,17-18H,11-13H2,1-4H3,(H,26,27,29). The van der Waals surface area contributed by atoms with Gasteiger partial charge in [-0.05, 0) is 51.5 Å². The van der Waals surface area contributed by atoms with Crippen molar-refractivity contribution >= 4 is 34.1 Å². The molecule has 168 valence electrons. The third kappa shape index (κ3) is 5.75. The van der Waals surface area contributed by atoms with Crippen LogP contribution in [0.4, 0.5) is 5.13 Å². The van der Waals surface area contributed by atoms with Crippen molar-refractivity contribution in [3.63, 3.8) is 0 Å². The second-order valence-electron chi connectivity index (χ2n) is 8.28. The number of nitrogens with one attached hydrogen (secondary N) is 1. The molecule has 3 heterocycles. The van der Waals surface area contributed by atoms with Gasteiger partial charge in [-0.15, -0.1) is 11.3 Å². The van der Waals surface area contributed by atoms with Crippen LogP contribution < -0.4 is 5.32 Å². The van der Waals surface area contributed by atoms with Crippen LogP contribution in [0.15, 0.2) is 51.8 Å². The summed E-state index contributed by atoms with van der Waals surface area (Å²) >= 11 is 2.96. The Bertz CT molecular complexity index is 1090. The van der Waals surface area contributed by atoms with E-state index >= 15 is 0 Å². The monoisotopic (exact) mass is 468 g/mol. The molecule has 0 aliphatic carbocycles. The summed E-state index contributed by atoms with van der Waals surface area (Å²) in [6.45, 7) is 10.9. The first-order chi connectivity index (χ1) is 15.4. The number of thiazole rings is 1. The lowest BCUT2D eigenvalue weighted by molar-refractivity contribution is -0.0707. The maximum atomic E-state index is 13.0. The number of amides is 1. The van der Waals surface area contributed by atoms with Crippen molar-refractivity contribution in [2.24, 2.45) is 0 Å². The van der Waals surface area contributed by atoms with Gasteiger partial charge in [0.1, 0.15) is 5.03 Å². The molecule has 6 nitrogen and oxygen atoms in total. The number of carbonyl (C=O) groups is 1. The van der Waals surface area contributed by atoms with E-state index in [-0.39, 0.29) is 18.1 Å². The average Bonchev–Trinajstić information content (AvgIpc) is 3.16. The molecule has 0 spiro atoms. The van der Waals surface area contributed by atoms with Crippen LogP contribution in [-0.4, -0.2) is 46.1 Å². The first-order valence-corrected chi connectivity index (χ1v) is 12.4. The summed E-state index contributed by atoms with van der Waals surface area (Å²) in [6, 6.07) is 9.88. The molecule has 8 heteroatoms. The van der Waals surface area contributed by atoms with E-state index in [1.807, 2.05) is 5.38 Å². The van der Waals surface area contributed by atoms with E-state index in [4.69, 9.17) is 4.74 Å². The van der Waals surface area contributed by atoms with Gasteiger partial charge >= 0.3 is 0 Å². The smallest absolute Gasteiger partial charge is 0.260 e. The Morgan fingerprint density at radius 2 is 2.03 bits per heavy atom. The van der Waals surface area contributed by atoms with Gasteiger partial charge in [0.2, 0.25) is 0 Å². The SMILES string of the molecule is Cc1ccc(Sc2ncccc2C(=O)Nc2nc(CN3CC(C)OC(C)C3)cs2)c(C)c1. The number of morpholine rings is 1. The maximum Gasteiger partial charge on any atom is 0.260 e. The van der Waals surface area contributed by atoms with E-state index in [2.05, 4.69) is 66.1 Å². The molecule has 1 aromatic carbocycles. The Morgan fingerprint density at radius 1 is 1.25 bits per heavy atom. The topological polar surface area (TPSA) is 67.4 Å². The van der Waals surface area contributed by atoms with Gasteiger partial charge in [-0.25, -0.2) is 9.97 Å². The molecule has 1 aliphatic rings. The third-order valence-corrected chi connectivity index (χ3v) is 7.21. The lowest BCUT2D eigenvalue weighted by atomic mass is 10.2. The van der Waals surface area contributed by atoms with E-state index in [9.17, 15) is 4.79 Å². The summed E-state index contributed by atoms with van der Waals surface area (Å²) in [6.07, 6.45) is 2.15. The molecule has 32 heavy (non-hydrogen) atoms. The fraction of sp³-hybridized carbons (Fsp3) is 0.375.